The van der Waals surface area contributed by atoms with Crippen LogP contribution in [-0.2, 0) is 4.74 Å². The summed E-state index contributed by atoms with van der Waals surface area (Å²) in [5.41, 5.74) is 1.19. The van der Waals surface area contributed by atoms with E-state index in [1.54, 1.807) is 43.5 Å². The van der Waals surface area contributed by atoms with Crippen LogP contribution < -0.4 is 20.3 Å². The second kappa shape index (κ2) is 8.91. The molecule has 1 aliphatic heterocycles. The Hall–Kier alpha value is -3.17. The highest BCUT2D eigenvalue weighted by Crippen LogP contribution is 2.29. The second-order valence-electron chi connectivity index (χ2n) is 7.22. The minimum Gasteiger partial charge on any atom is -0.493 e. The Kier molecular flexibility index (Phi) is 6.06. The van der Waals surface area contributed by atoms with Gasteiger partial charge in [0.1, 0.15) is 0 Å². The number of aromatic amines is 1. The number of rotatable bonds is 6. The van der Waals surface area contributed by atoms with Crippen LogP contribution in [0.25, 0.3) is 16.6 Å². The van der Waals surface area contributed by atoms with Gasteiger partial charge in [0.05, 0.1) is 36.9 Å². The van der Waals surface area contributed by atoms with Crippen LogP contribution in [-0.4, -0.2) is 48.9 Å². The number of H-pyrrole nitrogens is 1. The quantitative estimate of drug-likeness (QED) is 0.571. The van der Waals surface area contributed by atoms with Crippen molar-refractivity contribution in [1.29, 1.82) is 0 Å². The molecular weight excluding hydrogens is 418 g/mol. The molecule has 2 N–H and O–H groups in total. The third kappa shape index (κ3) is 4.19. The van der Waals surface area contributed by atoms with Crippen molar-refractivity contribution in [2.45, 2.75) is 18.9 Å². The number of benzene rings is 2. The van der Waals surface area contributed by atoms with Gasteiger partial charge in [0, 0.05) is 24.8 Å². The van der Waals surface area contributed by atoms with Gasteiger partial charge in [-0.2, -0.15) is 0 Å². The second-order valence-corrected chi connectivity index (χ2v) is 7.60. The number of aromatic nitrogens is 2. The van der Waals surface area contributed by atoms with Crippen LogP contribution in [0.2, 0.25) is 0 Å². The van der Waals surface area contributed by atoms with Gasteiger partial charge in [-0.25, -0.2) is 0 Å². The molecule has 0 aliphatic carbocycles. The molecule has 1 aliphatic rings. The van der Waals surface area contributed by atoms with E-state index in [1.807, 2.05) is 0 Å². The zero-order valence-corrected chi connectivity index (χ0v) is 18.1. The number of hydrogen-bond donors (Lipinski definition) is 2. The van der Waals surface area contributed by atoms with E-state index >= 15 is 0 Å². The Balaban J connectivity index is 1.68. The van der Waals surface area contributed by atoms with Gasteiger partial charge in [-0.1, -0.05) is 0 Å². The Morgan fingerprint density at radius 1 is 1.23 bits per heavy atom. The number of ether oxygens (including phenoxy) is 3. The molecule has 0 bridgehead atoms. The highest BCUT2D eigenvalue weighted by atomic mass is 32.1. The van der Waals surface area contributed by atoms with Crippen LogP contribution in [0.1, 0.15) is 23.2 Å². The Bertz CT molecular complexity index is 1240. The molecule has 162 valence electrons. The maximum Gasteiger partial charge on any atom is 0.266 e. The summed E-state index contributed by atoms with van der Waals surface area (Å²) in [6, 6.07) is 10.0. The van der Waals surface area contributed by atoms with Crippen LogP contribution in [0, 0.1) is 4.77 Å². The van der Waals surface area contributed by atoms with Crippen LogP contribution in [0.4, 0.5) is 0 Å². The Morgan fingerprint density at radius 2 is 2.03 bits per heavy atom. The Morgan fingerprint density at radius 3 is 2.74 bits per heavy atom. The zero-order valence-electron chi connectivity index (χ0n) is 17.3. The predicted octanol–water partition coefficient (Wildman–Crippen LogP) is 2.97. The maximum atomic E-state index is 13.2. The largest absolute Gasteiger partial charge is 0.493 e. The lowest BCUT2D eigenvalue weighted by atomic mass is 10.1. The number of fused-ring (bicyclic) bond motifs is 1. The minimum atomic E-state index is -0.294. The maximum absolute atomic E-state index is 13.2. The summed E-state index contributed by atoms with van der Waals surface area (Å²) < 4.78 is 17.7. The number of carbonyl (C=O) groups excluding carboxylic acids is 1. The standard InChI is InChI=1S/C22H23N3O5S/c1-28-18-8-6-14(11-19(18)29-2)25-21(27)16-7-5-13(10-17(16)24-22(25)31)20(26)23-12-15-4-3-9-30-15/h5-8,10-11,15H,3-4,9,12H2,1-2H3,(H,23,26)(H,24,31)/t15-/m0/s1. The van der Waals surface area contributed by atoms with Crippen molar-refractivity contribution in [1.82, 2.24) is 14.9 Å². The first-order valence-corrected chi connectivity index (χ1v) is 10.3. The summed E-state index contributed by atoms with van der Waals surface area (Å²) in [6.07, 6.45) is 2.02. The van der Waals surface area contributed by atoms with Crippen molar-refractivity contribution in [3.8, 4) is 17.2 Å². The van der Waals surface area contributed by atoms with E-state index in [4.69, 9.17) is 26.4 Å². The molecule has 1 aromatic heterocycles. The number of methoxy groups -OCH3 is 2. The van der Waals surface area contributed by atoms with Gasteiger partial charge < -0.3 is 24.5 Å². The van der Waals surface area contributed by atoms with E-state index < -0.39 is 0 Å². The van der Waals surface area contributed by atoms with E-state index in [9.17, 15) is 9.59 Å². The first-order chi connectivity index (χ1) is 15.0. The van der Waals surface area contributed by atoms with Gasteiger partial charge in [-0.15, -0.1) is 0 Å². The van der Waals surface area contributed by atoms with Crippen molar-refractivity contribution in [2.24, 2.45) is 0 Å². The lowest BCUT2D eigenvalue weighted by molar-refractivity contribution is 0.0858. The molecule has 4 rings (SSSR count). The summed E-state index contributed by atoms with van der Waals surface area (Å²) in [7, 11) is 3.07. The zero-order chi connectivity index (χ0) is 22.0. The van der Waals surface area contributed by atoms with Crippen LogP contribution in [0.15, 0.2) is 41.2 Å². The van der Waals surface area contributed by atoms with Crippen LogP contribution >= 0.6 is 12.2 Å². The third-order valence-electron chi connectivity index (χ3n) is 5.30. The molecule has 1 saturated heterocycles. The highest BCUT2D eigenvalue weighted by molar-refractivity contribution is 7.71. The Labute approximate surface area is 183 Å². The van der Waals surface area contributed by atoms with Crippen molar-refractivity contribution in [2.75, 3.05) is 27.4 Å². The lowest BCUT2D eigenvalue weighted by Crippen LogP contribution is -2.31. The predicted molar refractivity (Wildman–Crippen MR) is 119 cm³/mol. The van der Waals surface area contributed by atoms with E-state index in [2.05, 4.69) is 10.3 Å². The van der Waals surface area contributed by atoms with E-state index in [1.165, 1.54) is 11.7 Å². The van der Waals surface area contributed by atoms with Gasteiger partial charge in [0.2, 0.25) is 0 Å². The summed E-state index contributed by atoms with van der Waals surface area (Å²) in [5.74, 6) is 0.814. The normalized spacial score (nSPS) is 15.7. The molecule has 3 aromatic rings. The van der Waals surface area contributed by atoms with E-state index in [0.29, 0.717) is 40.2 Å². The molecule has 2 heterocycles. The average molecular weight is 442 g/mol. The number of amides is 1. The SMILES string of the molecule is COc1ccc(-n2c(=S)[nH]c3cc(C(=O)NC[C@@H]4CCCO4)ccc3c2=O)cc1OC. The van der Waals surface area contributed by atoms with Gasteiger partial charge in [0.15, 0.2) is 16.3 Å². The lowest BCUT2D eigenvalue weighted by Gasteiger charge is -2.13. The molecule has 9 heteroatoms. The van der Waals surface area contributed by atoms with Crippen LogP contribution in [0.5, 0.6) is 11.5 Å². The van der Waals surface area contributed by atoms with E-state index in [0.717, 1.165) is 19.4 Å². The van der Waals surface area contributed by atoms with Crippen molar-refractivity contribution in [3.63, 3.8) is 0 Å². The minimum absolute atomic E-state index is 0.0592. The molecule has 0 spiro atoms. The van der Waals surface area contributed by atoms with Gasteiger partial charge >= 0.3 is 0 Å². The fraction of sp³-hybridized carbons (Fsp3) is 0.318. The highest BCUT2D eigenvalue weighted by Gasteiger charge is 2.17. The molecule has 8 nitrogen and oxygen atoms in total. The molecule has 0 unspecified atom stereocenters. The topological polar surface area (TPSA) is 94.6 Å². The molecule has 2 aromatic carbocycles. The fourth-order valence-corrected chi connectivity index (χ4v) is 3.97. The number of nitrogens with one attached hydrogen (secondary N) is 2. The molecule has 1 fully saturated rings. The first kappa shape index (κ1) is 21.1. The third-order valence-corrected chi connectivity index (χ3v) is 5.58. The summed E-state index contributed by atoms with van der Waals surface area (Å²) in [6.45, 7) is 1.20. The fourth-order valence-electron chi connectivity index (χ4n) is 3.67. The number of hydrogen-bond acceptors (Lipinski definition) is 6. The molecule has 31 heavy (non-hydrogen) atoms. The summed E-state index contributed by atoms with van der Waals surface area (Å²) >= 11 is 5.44. The summed E-state index contributed by atoms with van der Waals surface area (Å²) in [4.78, 5) is 28.7. The molecule has 1 amide bonds. The van der Waals surface area contributed by atoms with Crippen molar-refractivity contribution in [3.05, 3.63) is 57.1 Å². The van der Waals surface area contributed by atoms with E-state index in [-0.39, 0.29) is 22.3 Å². The number of carbonyl (C=O) groups is 1. The van der Waals surface area contributed by atoms with Gasteiger partial charge in [-0.3, -0.25) is 14.2 Å². The van der Waals surface area contributed by atoms with Crippen LogP contribution in [0.3, 0.4) is 0 Å². The van der Waals surface area contributed by atoms with Gasteiger partial charge in [0.25, 0.3) is 11.5 Å². The van der Waals surface area contributed by atoms with Gasteiger partial charge in [-0.05, 0) is 55.4 Å². The average Bonchev–Trinajstić information content (AvgIpc) is 3.30. The van der Waals surface area contributed by atoms with Crippen molar-refractivity contribution >= 4 is 29.0 Å². The number of nitrogens with zero attached hydrogens (tertiary/aromatic N) is 1. The molecule has 0 saturated carbocycles. The molecule has 0 radical (unpaired) electrons. The monoisotopic (exact) mass is 441 g/mol. The van der Waals surface area contributed by atoms with Crippen molar-refractivity contribution < 1.29 is 19.0 Å². The first-order valence-electron chi connectivity index (χ1n) is 9.93. The smallest absolute Gasteiger partial charge is 0.266 e. The summed E-state index contributed by atoms with van der Waals surface area (Å²) in [5, 5.41) is 3.30. The molecule has 1 atom stereocenters. The molecular formula is C22H23N3O5S.